The molecule has 0 saturated carbocycles. The molecule has 0 spiro atoms. The van der Waals surface area contributed by atoms with Gasteiger partial charge in [-0.2, -0.15) is 4.98 Å². The van der Waals surface area contributed by atoms with Crippen molar-refractivity contribution in [3.63, 3.8) is 0 Å². The Bertz CT molecular complexity index is 1190. The summed E-state index contributed by atoms with van der Waals surface area (Å²) in [4.78, 5) is 23.5. The van der Waals surface area contributed by atoms with Crippen molar-refractivity contribution in [2.75, 3.05) is 17.3 Å². The van der Waals surface area contributed by atoms with Gasteiger partial charge in [-0.1, -0.05) is 34.8 Å². The second-order valence-corrected chi connectivity index (χ2v) is 9.53. The minimum absolute atomic E-state index is 0.104. The zero-order chi connectivity index (χ0) is 25.8. The largest absolute Gasteiger partial charge is 0.497 e. The highest BCUT2D eigenvalue weighted by Crippen LogP contribution is 2.30. The van der Waals surface area contributed by atoms with E-state index in [9.17, 15) is 9.90 Å². The lowest BCUT2D eigenvalue weighted by molar-refractivity contribution is 0.0646. The molecule has 0 fully saturated rings. The molecule has 2 aromatic carbocycles. The number of nitrogens with one attached hydrogen (secondary N) is 2. The molecule has 2 amide bonds. The lowest BCUT2D eigenvalue weighted by Crippen LogP contribution is -2.40. The topological polar surface area (TPSA) is 99.6 Å². The van der Waals surface area contributed by atoms with Gasteiger partial charge in [-0.05, 0) is 62.7 Å². The lowest BCUT2D eigenvalue weighted by atomic mass is 10.0. The van der Waals surface area contributed by atoms with Crippen LogP contribution >= 0.6 is 34.8 Å². The number of rotatable bonds is 8. The van der Waals surface area contributed by atoms with Crippen molar-refractivity contribution >= 4 is 58.3 Å². The van der Waals surface area contributed by atoms with Crippen molar-refractivity contribution in [1.82, 2.24) is 15.3 Å². The van der Waals surface area contributed by atoms with Gasteiger partial charge in [-0.3, -0.25) is 0 Å². The van der Waals surface area contributed by atoms with E-state index in [0.717, 1.165) is 0 Å². The normalized spacial score (nSPS) is 12.1. The van der Waals surface area contributed by atoms with Crippen molar-refractivity contribution in [3.8, 4) is 5.75 Å². The highest BCUT2D eigenvalue weighted by Gasteiger charge is 2.24. The Hall–Kier alpha value is -2.78. The molecule has 0 radical (unpaired) electrons. The summed E-state index contributed by atoms with van der Waals surface area (Å²) in [5.41, 5.74) is 0.141. The molecule has 0 aliphatic carbocycles. The molecule has 1 aromatic heterocycles. The van der Waals surface area contributed by atoms with E-state index in [1.165, 1.54) is 17.2 Å². The van der Waals surface area contributed by atoms with E-state index in [1.807, 2.05) is 6.92 Å². The molecule has 0 saturated heterocycles. The minimum atomic E-state index is -1.01. The predicted molar refractivity (Wildman–Crippen MR) is 140 cm³/mol. The molecule has 0 aliphatic rings. The Morgan fingerprint density at radius 3 is 2.40 bits per heavy atom. The Morgan fingerprint density at radius 1 is 1.11 bits per heavy atom. The Balaban J connectivity index is 1.92. The Labute approximate surface area is 219 Å². The van der Waals surface area contributed by atoms with E-state index < -0.39 is 11.6 Å². The summed E-state index contributed by atoms with van der Waals surface area (Å²) in [5, 5.41) is 17.2. The molecule has 0 bridgehead atoms. The van der Waals surface area contributed by atoms with Crippen LogP contribution in [0.4, 0.5) is 22.2 Å². The number of hydrogen-bond acceptors (Lipinski definition) is 6. The fraction of sp³-hybridized carbons (Fsp3) is 0.292. The number of aliphatic hydroxyl groups is 1. The van der Waals surface area contributed by atoms with Gasteiger partial charge in [0.25, 0.3) is 0 Å². The lowest BCUT2D eigenvalue weighted by Gasteiger charge is -2.27. The fourth-order valence-electron chi connectivity index (χ4n) is 2.95. The summed E-state index contributed by atoms with van der Waals surface area (Å²) in [6, 6.07) is 10.9. The average molecular weight is 539 g/mol. The van der Waals surface area contributed by atoms with E-state index >= 15 is 0 Å². The van der Waals surface area contributed by atoms with Crippen LogP contribution in [0.3, 0.4) is 0 Å². The zero-order valence-corrected chi connectivity index (χ0v) is 21.9. The number of aromatic nitrogens is 2. The summed E-state index contributed by atoms with van der Waals surface area (Å²) in [5.74, 6) is 1.21. The van der Waals surface area contributed by atoms with Gasteiger partial charge < -0.3 is 20.5 Å². The number of urea groups is 1. The van der Waals surface area contributed by atoms with Crippen LogP contribution in [-0.4, -0.2) is 39.9 Å². The molecule has 3 N–H and O–H groups in total. The molecule has 11 heteroatoms. The van der Waals surface area contributed by atoms with Gasteiger partial charge in [0.05, 0.1) is 34.5 Å². The third kappa shape index (κ3) is 6.89. The minimum Gasteiger partial charge on any atom is -0.497 e. The monoisotopic (exact) mass is 537 g/mol. The van der Waals surface area contributed by atoms with E-state index in [4.69, 9.17) is 39.5 Å². The van der Waals surface area contributed by atoms with Crippen LogP contribution in [0.2, 0.25) is 15.1 Å². The second-order valence-electron chi connectivity index (χ2n) is 8.31. The number of benzene rings is 2. The van der Waals surface area contributed by atoms with E-state index in [2.05, 4.69) is 20.6 Å². The van der Waals surface area contributed by atoms with Crippen LogP contribution < -0.4 is 20.3 Å². The zero-order valence-electron chi connectivity index (χ0n) is 19.6. The van der Waals surface area contributed by atoms with Gasteiger partial charge >= 0.3 is 6.03 Å². The SMILES string of the molecule is COc1ccc(N(C(=O)NCc2cc(Cl)c(Cl)cc2Cl)c2ccnc(N[C@@H](C)C(C)(C)O)n2)cc1. The highest BCUT2D eigenvalue weighted by atomic mass is 35.5. The van der Waals surface area contributed by atoms with Crippen LogP contribution in [0.15, 0.2) is 48.7 Å². The molecule has 1 atom stereocenters. The first-order chi connectivity index (χ1) is 16.5. The summed E-state index contributed by atoms with van der Waals surface area (Å²) in [7, 11) is 1.56. The molecule has 186 valence electrons. The average Bonchev–Trinajstić information content (AvgIpc) is 2.81. The maximum atomic E-state index is 13.4. The standard InChI is InChI=1S/C24H26Cl3N5O3/c1-14(24(2,3)34)30-22-28-10-9-21(31-22)32(16-5-7-17(35-4)8-6-16)23(33)29-13-15-11-19(26)20(27)12-18(15)25/h5-12,14,34H,13H2,1-4H3,(H,29,33)(H,28,30,31)/t14-/m0/s1. The number of ether oxygens (including phenoxy) is 1. The molecule has 1 heterocycles. The summed E-state index contributed by atoms with van der Waals surface area (Å²) >= 11 is 18.4. The smallest absolute Gasteiger partial charge is 0.327 e. The molecule has 0 aliphatic heterocycles. The quantitative estimate of drug-likeness (QED) is 0.301. The number of hydrogen-bond donors (Lipinski definition) is 3. The first kappa shape index (κ1) is 26.8. The number of halogens is 3. The fourth-order valence-corrected chi connectivity index (χ4v) is 3.58. The van der Waals surface area contributed by atoms with Crippen molar-refractivity contribution in [1.29, 1.82) is 0 Å². The molecular weight excluding hydrogens is 513 g/mol. The summed E-state index contributed by atoms with van der Waals surface area (Å²) in [6.07, 6.45) is 1.53. The van der Waals surface area contributed by atoms with Gasteiger partial charge in [0, 0.05) is 23.8 Å². The number of amides is 2. The van der Waals surface area contributed by atoms with Gasteiger partial charge in [0.2, 0.25) is 5.95 Å². The molecular formula is C24H26Cl3N5O3. The molecule has 8 nitrogen and oxygen atoms in total. The van der Waals surface area contributed by atoms with Gasteiger partial charge in [-0.15, -0.1) is 0 Å². The van der Waals surface area contributed by atoms with Crippen LogP contribution in [0.5, 0.6) is 5.75 Å². The van der Waals surface area contributed by atoms with E-state index in [1.54, 1.807) is 57.4 Å². The number of methoxy groups -OCH3 is 1. The third-order valence-electron chi connectivity index (χ3n) is 5.33. The summed E-state index contributed by atoms with van der Waals surface area (Å²) in [6.45, 7) is 5.28. The first-order valence-corrected chi connectivity index (χ1v) is 11.8. The van der Waals surface area contributed by atoms with Gasteiger partial charge in [-0.25, -0.2) is 14.7 Å². The van der Waals surface area contributed by atoms with Crippen molar-refractivity contribution in [3.05, 3.63) is 69.3 Å². The van der Waals surface area contributed by atoms with Crippen LogP contribution in [0, 0.1) is 0 Å². The second kappa shape index (κ2) is 11.3. The number of nitrogens with zero attached hydrogens (tertiary/aromatic N) is 3. The van der Waals surface area contributed by atoms with E-state index in [0.29, 0.717) is 37.9 Å². The van der Waals surface area contributed by atoms with Crippen LogP contribution in [-0.2, 0) is 6.54 Å². The predicted octanol–water partition coefficient (Wildman–Crippen LogP) is 6.06. The number of anilines is 3. The molecule has 3 rings (SSSR count). The first-order valence-electron chi connectivity index (χ1n) is 10.7. The van der Waals surface area contributed by atoms with Crippen LogP contribution in [0.25, 0.3) is 0 Å². The van der Waals surface area contributed by atoms with Gasteiger partial charge in [0.1, 0.15) is 11.6 Å². The highest BCUT2D eigenvalue weighted by molar-refractivity contribution is 6.43. The van der Waals surface area contributed by atoms with E-state index in [-0.39, 0.29) is 18.5 Å². The van der Waals surface area contributed by atoms with Crippen molar-refractivity contribution in [2.45, 2.75) is 39.0 Å². The Kier molecular flexibility index (Phi) is 8.66. The molecule has 35 heavy (non-hydrogen) atoms. The third-order valence-corrected chi connectivity index (χ3v) is 6.40. The number of carbonyl (C=O) groups excluding carboxylic acids is 1. The van der Waals surface area contributed by atoms with Crippen molar-refractivity contribution in [2.24, 2.45) is 0 Å². The Morgan fingerprint density at radius 2 is 1.77 bits per heavy atom. The maximum absolute atomic E-state index is 13.4. The molecule has 0 unspecified atom stereocenters. The van der Waals surface area contributed by atoms with Crippen molar-refractivity contribution < 1.29 is 14.6 Å². The summed E-state index contributed by atoms with van der Waals surface area (Å²) < 4.78 is 5.23. The molecule has 3 aromatic rings. The van der Waals surface area contributed by atoms with Crippen LogP contribution in [0.1, 0.15) is 26.3 Å². The number of carbonyl (C=O) groups is 1. The van der Waals surface area contributed by atoms with Gasteiger partial charge in [0.15, 0.2) is 0 Å². The maximum Gasteiger partial charge on any atom is 0.327 e.